The van der Waals surface area contributed by atoms with Crippen molar-refractivity contribution in [3.8, 4) is 23.0 Å². The number of anilines is 12. The van der Waals surface area contributed by atoms with Gasteiger partial charge in [-0.2, -0.15) is 0 Å². The first-order chi connectivity index (χ1) is 58.9. The predicted molar refractivity (Wildman–Crippen MR) is 474 cm³/mol. The quantitative estimate of drug-likeness (QED) is 0.0413. The molecule has 0 spiro atoms. The lowest BCUT2D eigenvalue weighted by atomic mass is 10.1. The molecule has 13 aromatic rings. The van der Waals surface area contributed by atoms with Crippen LogP contribution in [0.5, 0.6) is 23.0 Å². The third-order valence-electron chi connectivity index (χ3n) is 21.4. The molecule has 616 valence electrons. The Kier molecular flexibility index (Phi) is 24.0. The monoisotopic (exact) mass is 1720 g/mol. The summed E-state index contributed by atoms with van der Waals surface area (Å²) in [4.78, 5) is 125. The number of ether oxygens (including phenoxy) is 4. The van der Waals surface area contributed by atoms with Crippen molar-refractivity contribution in [2.45, 2.75) is 71.9 Å². The van der Waals surface area contributed by atoms with Crippen molar-refractivity contribution in [1.29, 1.82) is 0 Å². The highest BCUT2D eigenvalue weighted by molar-refractivity contribution is 7.22. The molecule has 3 saturated heterocycles. The van der Waals surface area contributed by atoms with Crippen molar-refractivity contribution in [2.24, 2.45) is 0 Å². The molecule has 13 heterocycles. The Balaban J connectivity index is 0.000000130. The van der Waals surface area contributed by atoms with Crippen LogP contribution in [0.2, 0.25) is 10.0 Å². The van der Waals surface area contributed by atoms with Gasteiger partial charge >= 0.3 is 18.1 Å². The number of aromatic nitrogens is 7. The van der Waals surface area contributed by atoms with Gasteiger partial charge in [0, 0.05) is 55.5 Å². The summed E-state index contributed by atoms with van der Waals surface area (Å²) in [6, 6.07) is 41.6. The first kappa shape index (κ1) is 81.0. The summed E-state index contributed by atoms with van der Waals surface area (Å²) >= 11 is 16.3. The van der Waals surface area contributed by atoms with Gasteiger partial charge in [-0.15, -0.1) is 34.0 Å². The lowest BCUT2D eigenvalue weighted by Crippen LogP contribution is -2.35. The zero-order valence-electron chi connectivity index (χ0n) is 66.2. The SMILES string of the molecule is COc1ccc(N2C(=O)Nc3c(C(=O)Nc4ccc(CCN5CCCCC5)cc4)sc4ncnc2c34)cc1Cl.COc1ccc(N2C(=O)Nc3c(C(=O)Nc4ccc(CN5CCCCC5)cc4)sc4ncnc2c34)cc1Cl.Cc1ccc(Oc2ccc(N3C(=O)Nc4c(C(=O)Nc5ccc(CN6CCOCC6)cc5)sc5ncnc3c45)cc2C)cn1. The highest BCUT2D eigenvalue weighted by Crippen LogP contribution is 2.50. The molecule has 6 N–H and O–H groups in total. The second kappa shape index (κ2) is 35.9. The number of nitrogens with one attached hydrogen (secondary N) is 6. The van der Waals surface area contributed by atoms with Crippen LogP contribution in [0.15, 0.2) is 165 Å². The third kappa shape index (κ3) is 17.5. The lowest BCUT2D eigenvalue weighted by Gasteiger charge is -2.27. The van der Waals surface area contributed by atoms with E-state index in [4.69, 9.17) is 42.1 Å². The molecule has 0 radical (unpaired) electrons. The van der Waals surface area contributed by atoms with E-state index in [9.17, 15) is 28.8 Å². The molecule has 34 heteroatoms. The number of carbonyl (C=O) groups is 6. The number of carbonyl (C=O) groups excluding carboxylic acids is 6. The van der Waals surface area contributed by atoms with Gasteiger partial charge in [0.25, 0.3) is 17.7 Å². The molecule has 0 saturated carbocycles. The van der Waals surface area contributed by atoms with Crippen LogP contribution in [-0.2, 0) is 24.2 Å². The number of pyridine rings is 1. The van der Waals surface area contributed by atoms with E-state index in [-0.39, 0.29) is 17.7 Å². The van der Waals surface area contributed by atoms with E-state index >= 15 is 0 Å². The number of urea groups is 3. The van der Waals surface area contributed by atoms with Crippen LogP contribution in [-0.4, -0.2) is 159 Å². The number of likely N-dealkylation sites (tertiary alicyclic amines) is 2. The zero-order valence-corrected chi connectivity index (χ0v) is 70.2. The van der Waals surface area contributed by atoms with Crippen LogP contribution in [0.1, 0.15) is 95.5 Å². The Morgan fingerprint density at radius 3 is 1.22 bits per heavy atom. The van der Waals surface area contributed by atoms with Crippen LogP contribution in [0.4, 0.5) is 83.0 Å². The van der Waals surface area contributed by atoms with Gasteiger partial charge in [0.1, 0.15) is 71.1 Å². The fourth-order valence-electron chi connectivity index (χ4n) is 15.3. The van der Waals surface area contributed by atoms with Gasteiger partial charge in [-0.25, -0.2) is 59.0 Å². The van der Waals surface area contributed by atoms with Gasteiger partial charge in [-0.3, -0.25) is 29.2 Å². The van der Waals surface area contributed by atoms with Crippen molar-refractivity contribution < 1.29 is 47.7 Å². The van der Waals surface area contributed by atoms with Gasteiger partial charge in [0.15, 0.2) is 17.5 Å². The molecule has 3 fully saturated rings. The van der Waals surface area contributed by atoms with Crippen LogP contribution in [0, 0.1) is 13.8 Å². The Morgan fingerprint density at radius 2 is 0.835 bits per heavy atom. The average Bonchev–Trinajstić information content (AvgIpc) is 1.61. The second-order valence-electron chi connectivity index (χ2n) is 29.5. The summed E-state index contributed by atoms with van der Waals surface area (Å²) in [5.74, 6) is 2.47. The fraction of sp³-hybridized carbons (Fsp3) is 0.253. The maximum Gasteiger partial charge on any atom is 0.332 e. The minimum absolute atomic E-state index is 0.318. The number of aryl methyl sites for hydroxylation is 2. The van der Waals surface area contributed by atoms with Crippen molar-refractivity contribution in [2.75, 3.05) is 120 Å². The average molecular weight is 1720 g/mol. The van der Waals surface area contributed by atoms with E-state index < -0.39 is 18.1 Å². The topological polar surface area (TPSA) is 321 Å². The minimum Gasteiger partial charge on any atom is -0.495 e. The van der Waals surface area contributed by atoms with Crippen molar-refractivity contribution in [3.05, 3.63) is 217 Å². The smallest absolute Gasteiger partial charge is 0.332 e. The summed E-state index contributed by atoms with van der Waals surface area (Å²) in [6.45, 7) is 14.6. The van der Waals surface area contributed by atoms with Crippen LogP contribution < -0.4 is 60.8 Å². The molecular weight excluding hydrogens is 1640 g/mol. The van der Waals surface area contributed by atoms with E-state index in [2.05, 4.69) is 93.6 Å². The molecular formula is C87H81Cl2N19O10S3. The normalized spacial score (nSPS) is 15.2. The number of halogens is 2. The van der Waals surface area contributed by atoms with Gasteiger partial charge in [-0.05, 0) is 198 Å². The highest BCUT2D eigenvalue weighted by Gasteiger charge is 2.38. The summed E-state index contributed by atoms with van der Waals surface area (Å²) in [5.41, 5.74) is 10.2. The molecule has 6 aliphatic heterocycles. The number of hydrogen-bond acceptors (Lipinski definition) is 23. The summed E-state index contributed by atoms with van der Waals surface area (Å²) in [6.07, 6.45) is 14.5. The summed E-state index contributed by atoms with van der Waals surface area (Å²) < 4.78 is 21.9. The third-order valence-corrected chi connectivity index (χ3v) is 25.3. The molecule has 0 bridgehead atoms. The van der Waals surface area contributed by atoms with Gasteiger partial charge < -0.3 is 55.7 Å². The Hall–Kier alpha value is -12.4. The standard InChI is InChI=1S/C32H29N7O4S.C28H27ClN6O3S.C27H25ClN6O3S/c1-19-15-23(8-10-25(19)43-24-9-3-20(2)33-16-24)39-29-26-27(37-32(39)41)28(44-31(26)35-18-34-29)30(40)36-22-6-4-21(5-7-22)17-38-11-13-42-14-12-38;1-38-21-10-9-19(15-20(21)29)35-25-22-23(33-28(35)37)24(39-27(22)31-16-30-25)26(36)32-18-7-5-17(6-8-18)11-14-34-12-3-2-4-13-34;1-37-20-10-9-18(13-19(20)28)34-24-21-22(32-27(34)36)23(38-26(21)30-15-29-24)25(35)31-17-7-5-16(6-8-17)14-33-11-3-2-4-12-33/h3-10,15-16,18H,11-14,17H2,1-2H3,(H,36,40)(H,37,41);5-10,15-16H,2-4,11-14H2,1H3,(H,32,36)(H,33,37);5-10,13,15H,2-4,11-12,14H2,1H3,(H,31,35)(H,32,36). The van der Waals surface area contributed by atoms with E-state index in [1.54, 1.807) is 48.7 Å². The first-order valence-corrected chi connectivity index (χ1v) is 42.7. The van der Waals surface area contributed by atoms with Crippen LogP contribution in [0.3, 0.4) is 0 Å². The summed E-state index contributed by atoms with van der Waals surface area (Å²) in [7, 11) is 3.05. The number of amides is 9. The van der Waals surface area contributed by atoms with Crippen molar-refractivity contribution in [3.63, 3.8) is 0 Å². The predicted octanol–water partition coefficient (Wildman–Crippen LogP) is 18.9. The molecule has 29 nitrogen and oxygen atoms in total. The molecule has 0 unspecified atom stereocenters. The number of methoxy groups -OCH3 is 2. The molecule has 6 aliphatic rings. The summed E-state index contributed by atoms with van der Waals surface area (Å²) in [5, 5.41) is 20.1. The fourth-order valence-corrected chi connectivity index (χ4v) is 18.7. The van der Waals surface area contributed by atoms with E-state index in [0.717, 1.165) is 82.3 Å². The van der Waals surface area contributed by atoms with Gasteiger partial charge in [0.2, 0.25) is 0 Å². The molecule has 121 heavy (non-hydrogen) atoms. The van der Waals surface area contributed by atoms with Gasteiger partial charge in [0.05, 0.1) is 94.0 Å². The lowest BCUT2D eigenvalue weighted by molar-refractivity contribution is 0.0342. The van der Waals surface area contributed by atoms with Crippen molar-refractivity contribution in [1.82, 2.24) is 49.6 Å². The van der Waals surface area contributed by atoms with Crippen LogP contribution >= 0.6 is 57.2 Å². The molecule has 19 rings (SSSR count). The Labute approximate surface area is 717 Å². The number of thiophene rings is 3. The Morgan fingerprint density at radius 1 is 0.446 bits per heavy atom. The number of piperidine rings is 2. The van der Waals surface area contributed by atoms with Crippen LogP contribution in [0.25, 0.3) is 30.6 Å². The zero-order chi connectivity index (χ0) is 83.4. The van der Waals surface area contributed by atoms with Gasteiger partial charge in [-0.1, -0.05) is 72.4 Å². The molecule has 6 aromatic carbocycles. The largest absolute Gasteiger partial charge is 0.495 e. The number of nitrogens with zero attached hydrogens (tertiary/aromatic N) is 13. The number of hydrogen-bond donors (Lipinski definition) is 6. The maximum absolute atomic E-state index is 13.5. The number of benzene rings is 6. The van der Waals surface area contributed by atoms with E-state index in [1.807, 2.05) is 98.8 Å². The molecule has 0 aliphatic carbocycles. The first-order valence-electron chi connectivity index (χ1n) is 39.5. The van der Waals surface area contributed by atoms with E-state index in [1.165, 1.54) is 145 Å². The number of rotatable bonds is 20. The number of morpholine rings is 1. The molecule has 7 aromatic heterocycles. The van der Waals surface area contributed by atoms with Crippen molar-refractivity contribution >= 4 is 192 Å². The second-order valence-corrected chi connectivity index (χ2v) is 33.3. The highest BCUT2D eigenvalue weighted by atomic mass is 35.5. The maximum atomic E-state index is 13.5. The molecule has 9 amide bonds. The molecule has 0 atom stereocenters. The Bertz CT molecular complexity index is 6120. The van der Waals surface area contributed by atoms with E-state index in [0.29, 0.717) is 147 Å². The minimum atomic E-state index is -0.451.